The number of aromatic nitrogens is 1. The maximum atomic E-state index is 13.5. The van der Waals surface area contributed by atoms with E-state index in [2.05, 4.69) is 29.6 Å². The Hall–Kier alpha value is -5.05. The smallest absolute Gasteiger partial charge is 0.267 e. The van der Waals surface area contributed by atoms with Crippen molar-refractivity contribution in [1.29, 1.82) is 0 Å². The molecule has 0 aliphatic rings. The number of nitrogens with one attached hydrogen (secondary N) is 1. The Balaban J connectivity index is 1.32. The molecule has 8 heteroatoms. The van der Waals surface area contributed by atoms with Crippen molar-refractivity contribution < 1.29 is 14.3 Å². The molecule has 0 bridgehead atoms. The second kappa shape index (κ2) is 12.1. The van der Waals surface area contributed by atoms with Gasteiger partial charge >= 0.3 is 0 Å². The number of fused-ring (bicyclic) bond motifs is 1. The summed E-state index contributed by atoms with van der Waals surface area (Å²) in [6.07, 6.45) is 3.35. The van der Waals surface area contributed by atoms with Gasteiger partial charge in [-0.15, -0.1) is 22.7 Å². The predicted molar refractivity (Wildman–Crippen MR) is 178 cm³/mol. The van der Waals surface area contributed by atoms with Gasteiger partial charge in [0.15, 0.2) is 5.78 Å². The first-order valence-corrected chi connectivity index (χ1v) is 15.2. The summed E-state index contributed by atoms with van der Waals surface area (Å²) < 4.78 is 5.32. The number of anilines is 2. The minimum atomic E-state index is -0.335. The SMILES string of the molecule is COc1ccc(-c2cc(-c3ccc(C)cc3)c3c(N)c(C(=O)Nc4ccc(C(=O)/C=C/c5cccs5)cc4)sc3n2)cc1. The van der Waals surface area contributed by atoms with Crippen molar-refractivity contribution in [3.63, 3.8) is 0 Å². The lowest BCUT2D eigenvalue weighted by Gasteiger charge is -2.10. The van der Waals surface area contributed by atoms with Gasteiger partial charge in [0, 0.05) is 27.1 Å². The fraction of sp³-hybridized carbons (Fsp3) is 0.0571. The van der Waals surface area contributed by atoms with Crippen LogP contribution in [0.2, 0.25) is 0 Å². The van der Waals surface area contributed by atoms with E-state index in [1.807, 2.05) is 54.8 Å². The van der Waals surface area contributed by atoms with Crippen LogP contribution in [0.1, 0.15) is 30.5 Å². The molecular formula is C35H27N3O3S2. The highest BCUT2D eigenvalue weighted by Crippen LogP contribution is 2.41. The fourth-order valence-electron chi connectivity index (χ4n) is 4.71. The number of methoxy groups -OCH3 is 1. The van der Waals surface area contributed by atoms with E-state index in [0.29, 0.717) is 26.6 Å². The largest absolute Gasteiger partial charge is 0.497 e. The number of hydrogen-bond acceptors (Lipinski definition) is 7. The summed E-state index contributed by atoms with van der Waals surface area (Å²) in [5, 5.41) is 5.64. The van der Waals surface area contributed by atoms with Crippen LogP contribution in [0.3, 0.4) is 0 Å². The van der Waals surface area contributed by atoms with Crippen molar-refractivity contribution in [1.82, 2.24) is 4.98 Å². The number of nitrogens with two attached hydrogens (primary N) is 1. The summed E-state index contributed by atoms with van der Waals surface area (Å²) in [7, 11) is 1.63. The third kappa shape index (κ3) is 5.97. The van der Waals surface area contributed by atoms with E-state index in [9.17, 15) is 9.59 Å². The third-order valence-electron chi connectivity index (χ3n) is 7.02. The van der Waals surface area contributed by atoms with E-state index in [-0.39, 0.29) is 11.7 Å². The van der Waals surface area contributed by atoms with Crippen LogP contribution in [0.4, 0.5) is 11.4 Å². The van der Waals surface area contributed by atoms with Crippen LogP contribution in [-0.4, -0.2) is 23.8 Å². The van der Waals surface area contributed by atoms with E-state index >= 15 is 0 Å². The standard InChI is InChI=1S/C35H27N3O3S2/c1-21-5-7-22(8-6-21)28-20-29(23-11-15-26(41-2)16-12-23)38-35-31(28)32(36)33(43-35)34(40)37-25-13-9-24(10-14-25)30(39)18-17-27-4-3-19-42-27/h3-20H,36H2,1-2H3,(H,37,40)/b18-17+. The Labute approximate surface area is 257 Å². The molecule has 6 rings (SSSR count). The number of allylic oxidation sites excluding steroid dienone is 1. The predicted octanol–water partition coefficient (Wildman–Crippen LogP) is 8.74. The van der Waals surface area contributed by atoms with Crippen molar-refractivity contribution >= 4 is 62.0 Å². The number of hydrogen-bond donors (Lipinski definition) is 2. The molecule has 3 aromatic carbocycles. The van der Waals surface area contributed by atoms with Crippen molar-refractivity contribution in [3.05, 3.63) is 123 Å². The first-order chi connectivity index (χ1) is 20.9. The zero-order chi connectivity index (χ0) is 29.9. The Bertz CT molecular complexity index is 1960. The number of nitrogens with zero attached hydrogens (tertiary/aromatic N) is 1. The van der Waals surface area contributed by atoms with Gasteiger partial charge in [-0.1, -0.05) is 35.9 Å². The lowest BCUT2D eigenvalue weighted by Crippen LogP contribution is -2.12. The van der Waals surface area contributed by atoms with E-state index in [0.717, 1.165) is 44.0 Å². The highest BCUT2D eigenvalue weighted by atomic mass is 32.1. The molecule has 0 aliphatic heterocycles. The van der Waals surface area contributed by atoms with Gasteiger partial charge in [-0.2, -0.15) is 0 Å². The highest BCUT2D eigenvalue weighted by Gasteiger charge is 2.22. The zero-order valence-electron chi connectivity index (χ0n) is 23.5. The Morgan fingerprint density at radius 1 is 0.930 bits per heavy atom. The molecule has 6 nitrogen and oxygen atoms in total. The molecular weight excluding hydrogens is 575 g/mol. The Morgan fingerprint density at radius 2 is 1.65 bits per heavy atom. The van der Waals surface area contributed by atoms with Gasteiger partial charge in [0.2, 0.25) is 0 Å². The van der Waals surface area contributed by atoms with Gasteiger partial charge in [-0.25, -0.2) is 4.98 Å². The normalized spacial score (nSPS) is 11.2. The number of benzene rings is 3. The zero-order valence-corrected chi connectivity index (χ0v) is 25.1. The summed E-state index contributed by atoms with van der Waals surface area (Å²) in [5.41, 5.74) is 12.9. The molecule has 43 heavy (non-hydrogen) atoms. The number of carbonyl (C=O) groups is 2. The maximum absolute atomic E-state index is 13.5. The van der Waals surface area contributed by atoms with Gasteiger partial charge in [-0.3, -0.25) is 9.59 Å². The van der Waals surface area contributed by atoms with Gasteiger partial charge in [0.25, 0.3) is 5.91 Å². The minimum Gasteiger partial charge on any atom is -0.497 e. The first-order valence-electron chi connectivity index (χ1n) is 13.5. The average molecular weight is 602 g/mol. The average Bonchev–Trinajstić information content (AvgIpc) is 3.68. The molecule has 0 saturated carbocycles. The van der Waals surface area contributed by atoms with E-state index in [1.54, 1.807) is 54.9 Å². The quantitative estimate of drug-likeness (QED) is 0.134. The molecule has 0 aliphatic carbocycles. The second-order valence-corrected chi connectivity index (χ2v) is 11.9. The van der Waals surface area contributed by atoms with E-state index in [4.69, 9.17) is 15.5 Å². The number of rotatable bonds is 8. The summed E-state index contributed by atoms with van der Waals surface area (Å²) in [6.45, 7) is 2.04. The first kappa shape index (κ1) is 28.1. The number of aryl methyl sites for hydroxylation is 1. The molecule has 0 unspecified atom stereocenters. The van der Waals surface area contributed by atoms with Crippen LogP contribution in [0.15, 0.2) is 102 Å². The number of ketones is 1. The van der Waals surface area contributed by atoms with Gasteiger partial charge in [0.05, 0.1) is 18.5 Å². The summed E-state index contributed by atoms with van der Waals surface area (Å²) in [5.74, 6) is 0.315. The molecule has 1 amide bonds. The van der Waals surface area contributed by atoms with Crippen LogP contribution in [0.5, 0.6) is 5.75 Å². The molecule has 3 heterocycles. The van der Waals surface area contributed by atoms with Gasteiger partial charge in [0.1, 0.15) is 15.5 Å². The van der Waals surface area contributed by atoms with Crippen LogP contribution in [-0.2, 0) is 0 Å². The van der Waals surface area contributed by atoms with Crippen molar-refractivity contribution in [2.75, 3.05) is 18.2 Å². The molecule has 3 aromatic heterocycles. The monoisotopic (exact) mass is 601 g/mol. The number of pyridine rings is 1. The number of carbonyl (C=O) groups excluding carboxylic acids is 2. The second-order valence-electron chi connectivity index (χ2n) is 9.92. The van der Waals surface area contributed by atoms with E-state index in [1.165, 1.54) is 11.3 Å². The molecule has 0 saturated heterocycles. The molecule has 212 valence electrons. The lowest BCUT2D eigenvalue weighted by atomic mass is 9.98. The summed E-state index contributed by atoms with van der Waals surface area (Å²) >= 11 is 2.82. The van der Waals surface area contributed by atoms with Crippen LogP contribution >= 0.6 is 22.7 Å². The number of ether oxygens (including phenoxy) is 1. The number of nitrogen functional groups attached to an aromatic ring is 1. The number of amides is 1. The van der Waals surface area contributed by atoms with Crippen LogP contribution < -0.4 is 15.8 Å². The van der Waals surface area contributed by atoms with Crippen molar-refractivity contribution in [3.8, 4) is 28.1 Å². The maximum Gasteiger partial charge on any atom is 0.267 e. The molecule has 6 aromatic rings. The summed E-state index contributed by atoms with van der Waals surface area (Å²) in [6, 6.07) is 28.7. The Kier molecular flexibility index (Phi) is 7.87. The Morgan fingerprint density at radius 3 is 2.33 bits per heavy atom. The molecule has 0 spiro atoms. The molecule has 0 radical (unpaired) electrons. The fourth-order valence-corrected chi connectivity index (χ4v) is 6.34. The minimum absolute atomic E-state index is 0.109. The van der Waals surface area contributed by atoms with Crippen molar-refractivity contribution in [2.24, 2.45) is 0 Å². The lowest BCUT2D eigenvalue weighted by molar-refractivity contribution is 0.102. The molecule has 0 atom stereocenters. The van der Waals surface area contributed by atoms with Gasteiger partial charge in [-0.05, 0) is 96.2 Å². The van der Waals surface area contributed by atoms with Crippen LogP contribution in [0.25, 0.3) is 38.7 Å². The highest BCUT2D eigenvalue weighted by molar-refractivity contribution is 7.21. The van der Waals surface area contributed by atoms with Crippen LogP contribution in [0, 0.1) is 6.92 Å². The van der Waals surface area contributed by atoms with Crippen molar-refractivity contribution in [2.45, 2.75) is 6.92 Å². The molecule has 3 N–H and O–H groups in total. The topological polar surface area (TPSA) is 94.3 Å². The summed E-state index contributed by atoms with van der Waals surface area (Å²) in [4.78, 5) is 33.0. The molecule has 0 fully saturated rings. The van der Waals surface area contributed by atoms with Gasteiger partial charge < -0.3 is 15.8 Å². The van der Waals surface area contributed by atoms with E-state index < -0.39 is 0 Å². The third-order valence-corrected chi connectivity index (χ3v) is 8.96. The number of thiophene rings is 2.